The normalized spacial score (nSPS) is 11.5. The van der Waals surface area contributed by atoms with Crippen LogP contribution in [0.5, 0.6) is 5.75 Å². The first kappa shape index (κ1) is 16.2. The van der Waals surface area contributed by atoms with Crippen LogP contribution in [-0.4, -0.2) is 0 Å². The van der Waals surface area contributed by atoms with Crippen LogP contribution >= 0.6 is 27.5 Å². The molecule has 0 aliphatic heterocycles. The van der Waals surface area contributed by atoms with Gasteiger partial charge in [0.05, 0.1) is 5.56 Å². The van der Waals surface area contributed by atoms with E-state index in [1.165, 1.54) is 6.07 Å². The van der Waals surface area contributed by atoms with Crippen molar-refractivity contribution in [3.63, 3.8) is 0 Å². The molecule has 112 valence electrons. The number of alkyl halides is 4. The first-order valence-corrected chi connectivity index (χ1v) is 7.54. The Morgan fingerprint density at radius 2 is 1.81 bits per heavy atom. The van der Waals surface area contributed by atoms with Crippen LogP contribution in [0, 0.1) is 0 Å². The molecule has 2 aromatic rings. The molecular weight excluding hydrogens is 369 g/mol. The van der Waals surface area contributed by atoms with Gasteiger partial charge in [0.15, 0.2) is 0 Å². The van der Waals surface area contributed by atoms with E-state index in [1.807, 2.05) is 0 Å². The van der Waals surface area contributed by atoms with Crippen LogP contribution in [-0.2, 0) is 18.1 Å². The number of hydrogen-bond donors (Lipinski definition) is 0. The summed E-state index contributed by atoms with van der Waals surface area (Å²) in [6.07, 6.45) is -4.35. The molecule has 0 radical (unpaired) electrons. The highest BCUT2D eigenvalue weighted by Gasteiger charge is 2.30. The summed E-state index contributed by atoms with van der Waals surface area (Å²) in [6, 6.07) is 10.3. The number of hydrogen-bond acceptors (Lipinski definition) is 1. The second kappa shape index (κ2) is 6.71. The van der Waals surface area contributed by atoms with Gasteiger partial charge in [-0.1, -0.05) is 45.7 Å². The Bertz CT molecular complexity index is 629. The van der Waals surface area contributed by atoms with Gasteiger partial charge in [0.25, 0.3) is 0 Å². The van der Waals surface area contributed by atoms with Gasteiger partial charge < -0.3 is 4.74 Å². The van der Waals surface area contributed by atoms with Crippen LogP contribution in [0.1, 0.15) is 16.7 Å². The zero-order valence-corrected chi connectivity index (χ0v) is 13.1. The highest BCUT2D eigenvalue weighted by Crippen LogP contribution is 2.31. The van der Waals surface area contributed by atoms with Gasteiger partial charge in [-0.3, -0.25) is 0 Å². The van der Waals surface area contributed by atoms with Crippen molar-refractivity contribution in [2.45, 2.75) is 18.1 Å². The van der Waals surface area contributed by atoms with Gasteiger partial charge in [0, 0.05) is 15.9 Å². The topological polar surface area (TPSA) is 9.23 Å². The summed E-state index contributed by atoms with van der Waals surface area (Å²) >= 11 is 9.35. The van der Waals surface area contributed by atoms with Crippen molar-refractivity contribution in [2.24, 2.45) is 0 Å². The molecule has 2 rings (SSSR count). The van der Waals surface area contributed by atoms with Crippen LogP contribution in [0.4, 0.5) is 13.2 Å². The number of ether oxygens (including phenoxy) is 1. The fourth-order valence-corrected chi connectivity index (χ4v) is 2.77. The number of benzene rings is 2. The van der Waals surface area contributed by atoms with E-state index in [1.54, 1.807) is 24.3 Å². The monoisotopic (exact) mass is 378 g/mol. The Hall–Kier alpha value is -1.20. The van der Waals surface area contributed by atoms with E-state index in [9.17, 15) is 13.2 Å². The minimum Gasteiger partial charge on any atom is -0.489 e. The molecule has 0 heterocycles. The van der Waals surface area contributed by atoms with E-state index >= 15 is 0 Å². The van der Waals surface area contributed by atoms with Crippen LogP contribution < -0.4 is 4.74 Å². The fourth-order valence-electron chi connectivity index (χ4n) is 1.80. The van der Waals surface area contributed by atoms with E-state index in [-0.39, 0.29) is 6.61 Å². The molecule has 6 heteroatoms. The molecule has 0 N–H and O–H groups in total. The Labute approximate surface area is 133 Å². The lowest BCUT2D eigenvalue weighted by molar-refractivity contribution is -0.137. The number of rotatable bonds is 4. The molecule has 0 atom stereocenters. The molecular formula is C15H11BrClF3O. The van der Waals surface area contributed by atoms with Crippen molar-refractivity contribution in [1.82, 2.24) is 0 Å². The van der Waals surface area contributed by atoms with Crippen molar-refractivity contribution in [3.05, 3.63) is 64.2 Å². The van der Waals surface area contributed by atoms with Crippen molar-refractivity contribution in [2.75, 3.05) is 0 Å². The van der Waals surface area contributed by atoms with Crippen LogP contribution in [0.2, 0.25) is 5.02 Å². The SMILES string of the molecule is FC(F)(F)c1cccc(COc2cccc(Cl)c2CBr)c1. The summed E-state index contributed by atoms with van der Waals surface area (Å²) in [4.78, 5) is 0. The second-order valence-corrected chi connectivity index (χ2v) is 5.30. The Morgan fingerprint density at radius 3 is 2.48 bits per heavy atom. The molecule has 0 spiro atoms. The molecule has 1 nitrogen and oxygen atoms in total. The van der Waals surface area contributed by atoms with E-state index < -0.39 is 11.7 Å². The van der Waals surface area contributed by atoms with Gasteiger partial charge in [0.1, 0.15) is 12.4 Å². The van der Waals surface area contributed by atoms with Crippen molar-refractivity contribution in [1.29, 1.82) is 0 Å². The molecule has 0 aliphatic rings. The van der Waals surface area contributed by atoms with Crippen molar-refractivity contribution >= 4 is 27.5 Å². The summed E-state index contributed by atoms with van der Waals surface area (Å²) < 4.78 is 43.5. The molecule has 0 aromatic heterocycles. The molecule has 0 saturated heterocycles. The average molecular weight is 380 g/mol. The zero-order valence-electron chi connectivity index (χ0n) is 10.8. The van der Waals surface area contributed by atoms with E-state index in [2.05, 4.69) is 15.9 Å². The molecule has 0 aliphatic carbocycles. The average Bonchev–Trinajstić information content (AvgIpc) is 2.44. The summed E-state index contributed by atoms with van der Waals surface area (Å²) in [7, 11) is 0. The van der Waals surface area contributed by atoms with Gasteiger partial charge in [-0.15, -0.1) is 0 Å². The first-order chi connectivity index (χ1) is 9.91. The predicted molar refractivity (Wildman–Crippen MR) is 79.9 cm³/mol. The van der Waals surface area contributed by atoms with Gasteiger partial charge in [-0.2, -0.15) is 13.2 Å². The summed E-state index contributed by atoms with van der Waals surface area (Å²) in [5.74, 6) is 0.553. The standard InChI is InChI=1S/C15H11BrClF3O/c16-8-12-13(17)5-2-6-14(12)21-9-10-3-1-4-11(7-10)15(18,19)20/h1-7H,8-9H2. The highest BCUT2D eigenvalue weighted by atomic mass is 79.9. The number of halogens is 5. The molecule has 21 heavy (non-hydrogen) atoms. The van der Waals surface area contributed by atoms with Gasteiger partial charge in [-0.05, 0) is 29.8 Å². The first-order valence-electron chi connectivity index (χ1n) is 6.04. The predicted octanol–water partition coefficient (Wildman–Crippen LogP) is 5.83. The quantitative estimate of drug-likeness (QED) is 0.607. The van der Waals surface area contributed by atoms with E-state index in [4.69, 9.17) is 16.3 Å². The van der Waals surface area contributed by atoms with E-state index in [0.29, 0.717) is 21.7 Å². The summed E-state index contributed by atoms with van der Waals surface area (Å²) in [5.41, 5.74) is 0.534. The van der Waals surface area contributed by atoms with Crippen molar-refractivity contribution < 1.29 is 17.9 Å². The van der Waals surface area contributed by atoms with Gasteiger partial charge in [-0.25, -0.2) is 0 Å². The van der Waals surface area contributed by atoms with E-state index in [0.717, 1.165) is 17.7 Å². The molecule has 2 aromatic carbocycles. The maximum Gasteiger partial charge on any atom is 0.416 e. The molecule has 0 fully saturated rings. The third-order valence-electron chi connectivity index (χ3n) is 2.86. The molecule has 0 unspecified atom stereocenters. The van der Waals surface area contributed by atoms with Crippen LogP contribution in [0.3, 0.4) is 0 Å². The maximum absolute atomic E-state index is 12.6. The molecule has 0 saturated carbocycles. The summed E-state index contributed by atoms with van der Waals surface area (Å²) in [5, 5.41) is 1.05. The summed E-state index contributed by atoms with van der Waals surface area (Å²) in [6.45, 7) is 0.0459. The third-order valence-corrected chi connectivity index (χ3v) is 3.77. The van der Waals surface area contributed by atoms with Gasteiger partial charge >= 0.3 is 6.18 Å². The lowest BCUT2D eigenvalue weighted by Gasteiger charge is -2.12. The lowest BCUT2D eigenvalue weighted by atomic mass is 10.1. The zero-order chi connectivity index (χ0) is 15.5. The Morgan fingerprint density at radius 1 is 1.10 bits per heavy atom. The second-order valence-electron chi connectivity index (χ2n) is 4.34. The Balaban J connectivity index is 2.16. The van der Waals surface area contributed by atoms with Crippen LogP contribution in [0.15, 0.2) is 42.5 Å². The minimum absolute atomic E-state index is 0.0459. The maximum atomic E-state index is 12.6. The highest BCUT2D eigenvalue weighted by molar-refractivity contribution is 9.08. The lowest BCUT2D eigenvalue weighted by Crippen LogP contribution is -2.06. The fraction of sp³-hybridized carbons (Fsp3) is 0.200. The van der Waals surface area contributed by atoms with Crippen LogP contribution in [0.25, 0.3) is 0 Å². The molecule has 0 amide bonds. The van der Waals surface area contributed by atoms with Gasteiger partial charge in [0.2, 0.25) is 0 Å². The smallest absolute Gasteiger partial charge is 0.416 e. The van der Waals surface area contributed by atoms with Crippen molar-refractivity contribution in [3.8, 4) is 5.75 Å². The largest absolute Gasteiger partial charge is 0.489 e. The third kappa shape index (κ3) is 4.14. The minimum atomic E-state index is -4.35. The Kier molecular flexibility index (Phi) is 5.17. The molecule has 0 bridgehead atoms.